The van der Waals surface area contributed by atoms with E-state index in [0.717, 1.165) is 4.90 Å². The minimum absolute atomic E-state index is 0.278. The number of halogens is 1. The van der Waals surface area contributed by atoms with Crippen LogP contribution in [-0.2, 0) is 19.1 Å². The fourth-order valence-electron chi connectivity index (χ4n) is 1.18. The van der Waals surface area contributed by atoms with Crippen molar-refractivity contribution >= 4 is 23.4 Å². The van der Waals surface area contributed by atoms with Gasteiger partial charge in [0, 0.05) is 18.0 Å². The van der Waals surface area contributed by atoms with Gasteiger partial charge in [-0.1, -0.05) is 0 Å². The van der Waals surface area contributed by atoms with Crippen LogP contribution in [0.4, 0.5) is 0 Å². The molecule has 6 heteroatoms. The van der Waals surface area contributed by atoms with Crippen molar-refractivity contribution < 1.29 is 19.1 Å². The van der Waals surface area contributed by atoms with E-state index in [4.69, 9.17) is 21.1 Å². The summed E-state index contributed by atoms with van der Waals surface area (Å²) in [6, 6.07) is 0. The molecule has 0 atom stereocenters. The lowest BCUT2D eigenvalue weighted by Crippen LogP contribution is -2.33. The number of carbonyl (C=O) groups is 2. The fourth-order valence-corrected chi connectivity index (χ4v) is 1.29. The molecule has 0 bridgehead atoms. The van der Waals surface area contributed by atoms with Gasteiger partial charge in [-0.15, -0.1) is 11.6 Å². The SMILES string of the molecule is O=C1C=CC(=O)N1CCOCCOCCCl. The van der Waals surface area contributed by atoms with Gasteiger partial charge in [-0.3, -0.25) is 14.5 Å². The highest BCUT2D eigenvalue weighted by molar-refractivity contribution is 6.17. The average molecular weight is 248 g/mol. The lowest BCUT2D eigenvalue weighted by Gasteiger charge is -2.13. The molecule has 1 rings (SSSR count). The third-order valence-electron chi connectivity index (χ3n) is 1.95. The van der Waals surface area contributed by atoms with Crippen LogP contribution < -0.4 is 0 Å². The van der Waals surface area contributed by atoms with Crippen LogP contribution in [0.15, 0.2) is 12.2 Å². The highest BCUT2D eigenvalue weighted by Crippen LogP contribution is 2.02. The summed E-state index contributed by atoms with van der Waals surface area (Å²) < 4.78 is 10.3. The van der Waals surface area contributed by atoms with Crippen molar-refractivity contribution in [1.82, 2.24) is 4.90 Å². The van der Waals surface area contributed by atoms with Gasteiger partial charge in [0.05, 0.1) is 33.0 Å². The van der Waals surface area contributed by atoms with Crippen LogP contribution in [-0.4, -0.2) is 55.6 Å². The highest BCUT2D eigenvalue weighted by Gasteiger charge is 2.22. The van der Waals surface area contributed by atoms with Gasteiger partial charge >= 0.3 is 0 Å². The Hall–Kier alpha value is -0.910. The Morgan fingerprint density at radius 3 is 2.12 bits per heavy atom. The van der Waals surface area contributed by atoms with Crippen LogP contribution in [0.5, 0.6) is 0 Å². The maximum absolute atomic E-state index is 11.1. The van der Waals surface area contributed by atoms with Crippen molar-refractivity contribution in [1.29, 1.82) is 0 Å². The molecule has 0 saturated carbocycles. The topological polar surface area (TPSA) is 55.8 Å². The molecule has 1 aliphatic heterocycles. The molecule has 0 aromatic heterocycles. The minimum Gasteiger partial charge on any atom is -0.378 e. The Bertz CT molecular complexity index is 262. The summed E-state index contributed by atoms with van der Waals surface area (Å²) in [5, 5.41) is 0. The van der Waals surface area contributed by atoms with Crippen molar-refractivity contribution in [2.75, 3.05) is 38.9 Å². The summed E-state index contributed by atoms with van der Waals surface area (Å²) in [5.41, 5.74) is 0. The van der Waals surface area contributed by atoms with Crippen LogP contribution in [0.25, 0.3) is 0 Å². The minimum atomic E-state index is -0.285. The zero-order chi connectivity index (χ0) is 11.8. The van der Waals surface area contributed by atoms with Gasteiger partial charge in [0.2, 0.25) is 0 Å². The number of ether oxygens (including phenoxy) is 2. The van der Waals surface area contributed by atoms with E-state index in [-0.39, 0.29) is 18.4 Å². The fraction of sp³-hybridized carbons (Fsp3) is 0.600. The molecule has 2 amide bonds. The van der Waals surface area contributed by atoms with Gasteiger partial charge in [0.1, 0.15) is 0 Å². The van der Waals surface area contributed by atoms with E-state index in [1.165, 1.54) is 12.2 Å². The summed E-state index contributed by atoms with van der Waals surface area (Å²) in [4.78, 5) is 23.4. The number of alkyl halides is 1. The number of hydrogen-bond donors (Lipinski definition) is 0. The second-order valence-electron chi connectivity index (χ2n) is 3.08. The molecule has 16 heavy (non-hydrogen) atoms. The predicted molar refractivity (Wildman–Crippen MR) is 58.2 cm³/mol. The van der Waals surface area contributed by atoms with Gasteiger partial charge in [0.25, 0.3) is 11.8 Å². The van der Waals surface area contributed by atoms with E-state index in [2.05, 4.69) is 0 Å². The Balaban J connectivity index is 1.99. The van der Waals surface area contributed by atoms with Crippen LogP contribution in [0, 0.1) is 0 Å². The largest absolute Gasteiger partial charge is 0.378 e. The molecular formula is C10H14ClNO4. The van der Waals surface area contributed by atoms with Gasteiger partial charge in [-0.05, 0) is 0 Å². The zero-order valence-corrected chi connectivity index (χ0v) is 9.61. The Morgan fingerprint density at radius 2 is 1.56 bits per heavy atom. The average Bonchev–Trinajstić information content (AvgIpc) is 2.59. The smallest absolute Gasteiger partial charge is 0.253 e. The van der Waals surface area contributed by atoms with E-state index >= 15 is 0 Å². The molecule has 0 aromatic rings. The van der Waals surface area contributed by atoms with Crippen LogP contribution in [0.3, 0.4) is 0 Å². The lowest BCUT2D eigenvalue weighted by molar-refractivity contribution is -0.137. The second kappa shape index (κ2) is 7.38. The van der Waals surface area contributed by atoms with Crippen molar-refractivity contribution in [2.24, 2.45) is 0 Å². The molecule has 1 aliphatic rings. The molecule has 0 saturated heterocycles. The quantitative estimate of drug-likeness (QED) is 0.349. The Kier molecular flexibility index (Phi) is 6.07. The van der Waals surface area contributed by atoms with Gasteiger partial charge in [-0.2, -0.15) is 0 Å². The summed E-state index contributed by atoms with van der Waals surface area (Å²) in [5.74, 6) is -0.110. The molecule has 90 valence electrons. The number of nitrogens with zero attached hydrogens (tertiary/aromatic N) is 1. The molecule has 1 heterocycles. The highest BCUT2D eigenvalue weighted by atomic mass is 35.5. The maximum atomic E-state index is 11.1. The molecule has 0 N–H and O–H groups in total. The molecule has 0 unspecified atom stereocenters. The van der Waals surface area contributed by atoms with Gasteiger partial charge in [-0.25, -0.2) is 0 Å². The van der Waals surface area contributed by atoms with Gasteiger partial charge < -0.3 is 9.47 Å². The van der Waals surface area contributed by atoms with Crippen molar-refractivity contribution in [3.05, 3.63) is 12.2 Å². The summed E-state index contributed by atoms with van der Waals surface area (Å²) in [6.45, 7) is 1.99. The molecule has 0 spiro atoms. The monoisotopic (exact) mass is 247 g/mol. The number of carbonyl (C=O) groups excluding carboxylic acids is 2. The maximum Gasteiger partial charge on any atom is 0.253 e. The summed E-state index contributed by atoms with van der Waals surface area (Å²) in [6.07, 6.45) is 2.51. The van der Waals surface area contributed by atoms with Crippen molar-refractivity contribution in [3.63, 3.8) is 0 Å². The first-order chi connectivity index (χ1) is 7.75. The van der Waals surface area contributed by atoms with E-state index in [9.17, 15) is 9.59 Å². The van der Waals surface area contributed by atoms with E-state index in [1.807, 2.05) is 0 Å². The first kappa shape index (κ1) is 13.2. The first-order valence-corrected chi connectivity index (χ1v) is 5.54. The molecule has 0 aromatic carbocycles. The van der Waals surface area contributed by atoms with Gasteiger partial charge in [0.15, 0.2) is 0 Å². The molecule has 5 nitrogen and oxygen atoms in total. The van der Waals surface area contributed by atoms with Crippen LogP contribution in [0.1, 0.15) is 0 Å². The summed E-state index contributed by atoms with van der Waals surface area (Å²) in [7, 11) is 0. The van der Waals surface area contributed by atoms with Crippen molar-refractivity contribution in [2.45, 2.75) is 0 Å². The number of hydrogen-bond acceptors (Lipinski definition) is 4. The number of amides is 2. The number of rotatable bonds is 8. The van der Waals surface area contributed by atoms with Crippen LogP contribution in [0.2, 0.25) is 0 Å². The van der Waals surface area contributed by atoms with E-state index in [0.29, 0.717) is 32.3 Å². The molecular weight excluding hydrogens is 234 g/mol. The lowest BCUT2D eigenvalue weighted by atomic mass is 10.5. The number of imide groups is 1. The predicted octanol–water partition coefficient (Wildman–Crippen LogP) is 0.183. The zero-order valence-electron chi connectivity index (χ0n) is 8.86. The second-order valence-corrected chi connectivity index (χ2v) is 3.45. The van der Waals surface area contributed by atoms with E-state index < -0.39 is 0 Å². The van der Waals surface area contributed by atoms with E-state index in [1.54, 1.807) is 0 Å². The third kappa shape index (κ3) is 4.30. The summed E-state index contributed by atoms with van der Waals surface area (Å²) >= 11 is 5.41. The first-order valence-electron chi connectivity index (χ1n) is 5.00. The van der Waals surface area contributed by atoms with Crippen molar-refractivity contribution in [3.8, 4) is 0 Å². The molecule has 0 aliphatic carbocycles. The standard InChI is InChI=1S/C10H14ClNO4/c11-3-5-15-7-8-16-6-4-12-9(13)1-2-10(12)14/h1-2H,3-8H2. The Morgan fingerprint density at radius 1 is 1.00 bits per heavy atom. The normalized spacial score (nSPS) is 15.2. The Labute approximate surface area is 98.9 Å². The third-order valence-corrected chi connectivity index (χ3v) is 2.11. The molecule has 0 radical (unpaired) electrons. The van der Waals surface area contributed by atoms with Crippen LogP contribution >= 0.6 is 11.6 Å². The molecule has 0 fully saturated rings.